The number of benzene rings is 2. The Morgan fingerprint density at radius 1 is 1.04 bits per heavy atom. The molecular formula is C20H22F2N4O. The zero-order valence-corrected chi connectivity index (χ0v) is 14.9. The van der Waals surface area contributed by atoms with Gasteiger partial charge in [-0.1, -0.05) is 12.8 Å². The number of anilines is 1. The van der Waals surface area contributed by atoms with E-state index in [1.54, 1.807) is 24.3 Å². The van der Waals surface area contributed by atoms with Gasteiger partial charge in [0.15, 0.2) is 11.6 Å². The first kappa shape index (κ1) is 19.0. The normalized spacial score (nSPS) is 11.1. The van der Waals surface area contributed by atoms with Crippen LogP contribution in [0.25, 0.3) is 22.4 Å². The summed E-state index contributed by atoms with van der Waals surface area (Å²) < 4.78 is 26.6. The monoisotopic (exact) mass is 372 g/mol. The number of fused-ring (bicyclic) bond motifs is 1. The number of hydrogen-bond acceptors (Lipinski definition) is 3. The molecule has 1 aromatic heterocycles. The van der Waals surface area contributed by atoms with Crippen LogP contribution >= 0.6 is 0 Å². The molecule has 0 radical (unpaired) electrons. The van der Waals surface area contributed by atoms with Crippen molar-refractivity contribution in [1.82, 2.24) is 9.97 Å². The Bertz CT molecular complexity index is 883. The minimum atomic E-state index is -0.929. The minimum absolute atomic E-state index is 0.0230. The molecule has 0 fully saturated rings. The predicted molar refractivity (Wildman–Crippen MR) is 102 cm³/mol. The van der Waals surface area contributed by atoms with Crippen LogP contribution in [0.15, 0.2) is 36.4 Å². The van der Waals surface area contributed by atoms with Crippen LogP contribution in [-0.2, 0) is 4.79 Å². The van der Waals surface area contributed by atoms with Gasteiger partial charge >= 0.3 is 0 Å². The van der Waals surface area contributed by atoms with Gasteiger partial charge in [-0.3, -0.25) is 4.79 Å². The van der Waals surface area contributed by atoms with Gasteiger partial charge in [-0.2, -0.15) is 0 Å². The van der Waals surface area contributed by atoms with E-state index in [-0.39, 0.29) is 5.91 Å². The van der Waals surface area contributed by atoms with Crippen molar-refractivity contribution in [2.45, 2.75) is 32.1 Å². The Morgan fingerprint density at radius 2 is 1.74 bits per heavy atom. The molecule has 0 atom stereocenters. The molecule has 0 saturated heterocycles. The molecule has 0 bridgehead atoms. The second-order valence-corrected chi connectivity index (χ2v) is 6.45. The molecule has 0 aliphatic carbocycles. The van der Waals surface area contributed by atoms with E-state index in [2.05, 4.69) is 15.3 Å². The van der Waals surface area contributed by atoms with Crippen molar-refractivity contribution in [3.8, 4) is 11.4 Å². The van der Waals surface area contributed by atoms with Crippen LogP contribution in [0.3, 0.4) is 0 Å². The van der Waals surface area contributed by atoms with Crippen LogP contribution in [0.2, 0.25) is 0 Å². The highest BCUT2D eigenvalue weighted by molar-refractivity contribution is 5.91. The van der Waals surface area contributed by atoms with Crippen LogP contribution in [0, 0.1) is 11.6 Å². The van der Waals surface area contributed by atoms with E-state index >= 15 is 0 Å². The first-order valence-electron chi connectivity index (χ1n) is 9.02. The third-order valence-corrected chi connectivity index (χ3v) is 4.32. The highest BCUT2D eigenvalue weighted by Gasteiger charge is 2.10. The minimum Gasteiger partial charge on any atom is -0.338 e. The van der Waals surface area contributed by atoms with Crippen molar-refractivity contribution in [3.05, 3.63) is 48.0 Å². The summed E-state index contributed by atoms with van der Waals surface area (Å²) in [5.41, 5.74) is 7.68. The maximum absolute atomic E-state index is 13.3. The lowest BCUT2D eigenvalue weighted by Crippen LogP contribution is -2.11. The van der Waals surface area contributed by atoms with Gasteiger partial charge < -0.3 is 16.0 Å². The van der Waals surface area contributed by atoms with E-state index in [0.717, 1.165) is 43.4 Å². The molecule has 27 heavy (non-hydrogen) atoms. The fourth-order valence-corrected chi connectivity index (χ4v) is 2.86. The molecule has 5 nitrogen and oxygen atoms in total. The van der Waals surface area contributed by atoms with Gasteiger partial charge in [-0.25, -0.2) is 13.8 Å². The van der Waals surface area contributed by atoms with E-state index < -0.39 is 11.6 Å². The van der Waals surface area contributed by atoms with Crippen LogP contribution in [0.1, 0.15) is 32.1 Å². The number of nitrogens with one attached hydrogen (secondary N) is 2. The zero-order valence-electron chi connectivity index (χ0n) is 14.9. The number of carbonyl (C=O) groups is 1. The first-order valence-corrected chi connectivity index (χ1v) is 9.02. The van der Waals surface area contributed by atoms with Gasteiger partial charge in [0, 0.05) is 29.8 Å². The third kappa shape index (κ3) is 4.89. The summed E-state index contributed by atoms with van der Waals surface area (Å²) in [5.74, 6) is -1.36. The largest absolute Gasteiger partial charge is 0.338 e. The standard InChI is InChI=1S/C20H22F2N4O/c21-15-11-17-18(12-16(15)22)26-20(25-17)13-6-8-14(9-7-13)24-19(27)5-3-1-2-4-10-23/h6-9,11-12H,1-5,10,23H2,(H,24,27)(H,25,26). The summed E-state index contributed by atoms with van der Waals surface area (Å²) in [6.45, 7) is 0.688. The quantitative estimate of drug-likeness (QED) is 0.514. The van der Waals surface area contributed by atoms with Crippen molar-refractivity contribution in [3.63, 3.8) is 0 Å². The van der Waals surface area contributed by atoms with Gasteiger partial charge in [0.1, 0.15) is 5.82 Å². The van der Waals surface area contributed by atoms with Gasteiger partial charge in [0.05, 0.1) is 11.0 Å². The van der Waals surface area contributed by atoms with Crippen molar-refractivity contribution < 1.29 is 13.6 Å². The second kappa shape index (κ2) is 8.73. The topological polar surface area (TPSA) is 83.8 Å². The molecule has 3 aromatic rings. The molecule has 2 aromatic carbocycles. The fraction of sp³-hybridized carbons (Fsp3) is 0.300. The summed E-state index contributed by atoms with van der Waals surface area (Å²) >= 11 is 0. The van der Waals surface area contributed by atoms with Crippen molar-refractivity contribution in [2.24, 2.45) is 5.73 Å². The number of halogens is 2. The van der Waals surface area contributed by atoms with Crippen LogP contribution in [0.4, 0.5) is 14.5 Å². The average molecular weight is 372 g/mol. The number of hydrogen-bond donors (Lipinski definition) is 3. The molecule has 0 spiro atoms. The van der Waals surface area contributed by atoms with Crippen LogP contribution in [0.5, 0.6) is 0 Å². The number of imidazole rings is 1. The first-order chi connectivity index (χ1) is 13.1. The van der Waals surface area contributed by atoms with Gasteiger partial charge in [0.25, 0.3) is 0 Å². The van der Waals surface area contributed by atoms with E-state index in [4.69, 9.17) is 5.73 Å². The highest BCUT2D eigenvalue weighted by atomic mass is 19.2. The summed E-state index contributed by atoms with van der Waals surface area (Å²) in [7, 11) is 0. The Morgan fingerprint density at radius 3 is 2.48 bits per heavy atom. The number of aromatic nitrogens is 2. The van der Waals surface area contributed by atoms with Crippen molar-refractivity contribution >= 4 is 22.6 Å². The number of unbranched alkanes of at least 4 members (excludes halogenated alkanes) is 3. The Labute approximate surface area is 156 Å². The van der Waals surface area contributed by atoms with Crippen molar-refractivity contribution in [2.75, 3.05) is 11.9 Å². The number of nitrogens with two attached hydrogens (primary N) is 1. The lowest BCUT2D eigenvalue weighted by atomic mass is 10.1. The number of nitrogens with zero attached hydrogens (tertiary/aromatic N) is 1. The zero-order chi connectivity index (χ0) is 19.2. The molecule has 1 heterocycles. The van der Waals surface area contributed by atoms with Crippen LogP contribution in [-0.4, -0.2) is 22.4 Å². The molecule has 7 heteroatoms. The third-order valence-electron chi connectivity index (χ3n) is 4.32. The molecule has 3 rings (SSSR count). The number of H-pyrrole nitrogens is 1. The molecule has 0 saturated carbocycles. The summed E-state index contributed by atoms with van der Waals surface area (Å²) in [6.07, 6.45) is 4.35. The molecule has 0 aliphatic heterocycles. The average Bonchev–Trinajstić information content (AvgIpc) is 3.05. The van der Waals surface area contributed by atoms with Crippen LogP contribution < -0.4 is 11.1 Å². The molecule has 0 unspecified atom stereocenters. The summed E-state index contributed by atoms with van der Waals surface area (Å²) in [4.78, 5) is 19.2. The van der Waals surface area contributed by atoms with E-state index in [0.29, 0.717) is 35.5 Å². The molecule has 1 amide bonds. The molecule has 142 valence electrons. The number of aromatic amines is 1. The maximum Gasteiger partial charge on any atom is 0.224 e. The number of rotatable bonds is 8. The summed E-state index contributed by atoms with van der Waals surface area (Å²) in [5, 5.41) is 2.86. The van der Waals surface area contributed by atoms with E-state index in [9.17, 15) is 13.6 Å². The number of amides is 1. The summed E-state index contributed by atoms with van der Waals surface area (Å²) in [6, 6.07) is 9.28. The number of carbonyl (C=O) groups excluding carboxylic acids is 1. The Kier molecular flexibility index (Phi) is 6.13. The smallest absolute Gasteiger partial charge is 0.224 e. The van der Waals surface area contributed by atoms with E-state index in [1.165, 1.54) is 0 Å². The predicted octanol–water partition coefficient (Wildman–Crippen LogP) is 4.36. The lowest BCUT2D eigenvalue weighted by molar-refractivity contribution is -0.116. The van der Waals surface area contributed by atoms with Gasteiger partial charge in [-0.15, -0.1) is 0 Å². The lowest BCUT2D eigenvalue weighted by Gasteiger charge is -2.06. The fourth-order valence-electron chi connectivity index (χ4n) is 2.86. The Hall–Kier alpha value is -2.80. The highest BCUT2D eigenvalue weighted by Crippen LogP contribution is 2.23. The SMILES string of the molecule is NCCCCCCC(=O)Nc1ccc(-c2nc3cc(F)c(F)cc3[nH]2)cc1. The van der Waals surface area contributed by atoms with Gasteiger partial charge in [-0.05, 0) is 43.7 Å². The molecular weight excluding hydrogens is 350 g/mol. The Balaban J connectivity index is 1.61. The van der Waals surface area contributed by atoms with Gasteiger partial charge in [0.2, 0.25) is 5.91 Å². The van der Waals surface area contributed by atoms with E-state index in [1.807, 2.05) is 0 Å². The molecule has 0 aliphatic rings. The second-order valence-electron chi connectivity index (χ2n) is 6.45. The van der Waals surface area contributed by atoms with Crippen molar-refractivity contribution in [1.29, 1.82) is 0 Å². The molecule has 4 N–H and O–H groups in total. The maximum atomic E-state index is 13.3.